The van der Waals surface area contributed by atoms with Crippen molar-refractivity contribution in [2.45, 2.75) is 131 Å². The van der Waals surface area contributed by atoms with Crippen molar-refractivity contribution in [2.75, 3.05) is 13.1 Å². The van der Waals surface area contributed by atoms with E-state index in [4.69, 9.17) is 0 Å². The first-order valence-corrected chi connectivity index (χ1v) is 16.6. The second kappa shape index (κ2) is 16.4. The van der Waals surface area contributed by atoms with Crippen molar-refractivity contribution in [3.05, 3.63) is 12.7 Å². The van der Waals surface area contributed by atoms with Crippen molar-refractivity contribution in [1.29, 1.82) is 0 Å². The lowest BCUT2D eigenvalue weighted by Gasteiger charge is -2.39. The molecule has 0 aromatic rings. The zero-order chi connectivity index (χ0) is 34.1. The van der Waals surface area contributed by atoms with Crippen molar-refractivity contribution >= 4 is 35.3 Å². The van der Waals surface area contributed by atoms with Gasteiger partial charge in [-0.15, -0.1) is 6.58 Å². The Morgan fingerprint density at radius 1 is 0.978 bits per heavy atom. The van der Waals surface area contributed by atoms with Crippen molar-refractivity contribution in [3.8, 4) is 0 Å². The van der Waals surface area contributed by atoms with Crippen LogP contribution in [-0.2, 0) is 24.0 Å². The summed E-state index contributed by atoms with van der Waals surface area (Å²) in [5.41, 5.74) is -0.958. The smallest absolute Gasteiger partial charge is 0.316 e. The maximum absolute atomic E-state index is 14.3. The number of hydrogen-bond donors (Lipinski definition) is 4. The van der Waals surface area contributed by atoms with Crippen LogP contribution < -0.4 is 21.3 Å². The predicted octanol–water partition coefficient (Wildman–Crippen LogP) is 3.66. The molecule has 0 radical (unpaired) electrons. The quantitative estimate of drug-likeness (QED) is 0.151. The van der Waals surface area contributed by atoms with Crippen LogP contribution in [0.5, 0.6) is 0 Å². The maximum atomic E-state index is 14.3. The molecule has 0 saturated heterocycles. The van der Waals surface area contributed by atoms with Gasteiger partial charge in [0.05, 0.1) is 12.1 Å². The number of hydrogen-bond acceptors (Lipinski definition) is 6. The molecule has 0 heterocycles. The molecule has 11 heteroatoms. The average Bonchev–Trinajstić information content (AvgIpc) is 3.60. The molecular weight excluding hydrogens is 574 g/mol. The van der Waals surface area contributed by atoms with E-state index in [2.05, 4.69) is 27.8 Å². The average molecular weight is 632 g/mol. The standard InChI is InChI=1S/C34H57N5O6/c1-10-16-24(27(41)30(43)35-19-11-2)36-29(42)26(23-20-34(23,8)9)39(12-3)31(44)28(33(5,6)7)38-32(45)37-25(21(4)40)22-17-14-13-15-18-22/h11,22-26,28H,2,10,12-20H2,1,3-9H3,(H,35,43)(H,36,42)(H2,37,38,45)/t23-,24?,25+,26-,28+/m0/s1. The lowest BCUT2D eigenvalue weighted by molar-refractivity contribution is -0.146. The number of urea groups is 1. The number of nitrogens with one attached hydrogen (secondary N) is 4. The number of nitrogens with zero attached hydrogens (tertiary/aromatic N) is 1. The summed E-state index contributed by atoms with van der Waals surface area (Å²) in [5, 5.41) is 11.0. The fourth-order valence-corrected chi connectivity index (χ4v) is 6.45. The van der Waals surface area contributed by atoms with Crippen LogP contribution >= 0.6 is 0 Å². The minimum atomic E-state index is -1.05. The van der Waals surface area contributed by atoms with Crippen LogP contribution in [0.3, 0.4) is 0 Å². The van der Waals surface area contributed by atoms with E-state index in [1.54, 1.807) is 6.92 Å². The van der Waals surface area contributed by atoms with E-state index in [9.17, 15) is 28.8 Å². The van der Waals surface area contributed by atoms with Gasteiger partial charge in [-0.3, -0.25) is 24.0 Å². The van der Waals surface area contributed by atoms with Gasteiger partial charge in [0.2, 0.25) is 17.6 Å². The Morgan fingerprint density at radius 2 is 1.58 bits per heavy atom. The summed E-state index contributed by atoms with van der Waals surface area (Å²) >= 11 is 0. The Bertz CT molecular complexity index is 1110. The first-order valence-electron chi connectivity index (χ1n) is 16.6. The van der Waals surface area contributed by atoms with Crippen LogP contribution in [0.15, 0.2) is 12.7 Å². The summed E-state index contributed by atoms with van der Waals surface area (Å²) < 4.78 is 0. The van der Waals surface area contributed by atoms with Crippen LogP contribution in [0.1, 0.15) is 107 Å². The molecule has 2 aliphatic carbocycles. The number of Topliss-reactive ketones (excluding diaryl/α,β-unsaturated/α-hetero) is 2. The second-order valence-corrected chi connectivity index (χ2v) is 14.5. The molecular formula is C34H57N5O6. The number of ketones is 2. The highest BCUT2D eigenvalue weighted by atomic mass is 16.2. The van der Waals surface area contributed by atoms with E-state index in [0.717, 1.165) is 32.1 Å². The van der Waals surface area contributed by atoms with Gasteiger partial charge in [0.1, 0.15) is 12.1 Å². The highest BCUT2D eigenvalue weighted by Gasteiger charge is 2.56. The SMILES string of the molecule is C=CCNC(=O)C(=O)C(CCC)NC(=O)[C@H]([C@@H]1CC1(C)C)N(CC)C(=O)[C@@H](NC(=O)N[C@H](C(C)=O)C1CCCCC1)C(C)(C)C. The topological polar surface area (TPSA) is 154 Å². The van der Waals surface area contributed by atoms with Gasteiger partial charge in [0.15, 0.2) is 5.78 Å². The van der Waals surface area contributed by atoms with Crippen molar-refractivity contribution in [2.24, 2.45) is 22.7 Å². The molecule has 0 bridgehead atoms. The van der Waals surface area contributed by atoms with E-state index in [1.807, 2.05) is 41.5 Å². The van der Waals surface area contributed by atoms with Gasteiger partial charge >= 0.3 is 6.03 Å². The lowest BCUT2D eigenvalue weighted by atomic mass is 9.82. The zero-order valence-electron chi connectivity index (χ0n) is 28.7. The largest absolute Gasteiger partial charge is 0.346 e. The minimum Gasteiger partial charge on any atom is -0.346 e. The van der Waals surface area contributed by atoms with Gasteiger partial charge in [0, 0.05) is 13.1 Å². The fourth-order valence-electron chi connectivity index (χ4n) is 6.45. The van der Waals surface area contributed by atoms with E-state index in [-0.39, 0.29) is 42.5 Å². The summed E-state index contributed by atoms with van der Waals surface area (Å²) in [6, 6.07) is -4.20. The number of rotatable bonds is 16. The molecule has 254 valence electrons. The van der Waals surface area contributed by atoms with Crippen LogP contribution in [0.2, 0.25) is 0 Å². The monoisotopic (exact) mass is 631 g/mol. The van der Waals surface area contributed by atoms with Gasteiger partial charge in [-0.25, -0.2) is 4.79 Å². The van der Waals surface area contributed by atoms with Crippen LogP contribution in [0, 0.1) is 22.7 Å². The van der Waals surface area contributed by atoms with Crippen LogP contribution in [0.4, 0.5) is 4.79 Å². The highest BCUT2D eigenvalue weighted by Crippen LogP contribution is 2.55. The molecule has 0 aromatic carbocycles. The lowest BCUT2D eigenvalue weighted by Crippen LogP contribution is -2.63. The molecule has 2 fully saturated rings. The Hall–Kier alpha value is -3.24. The van der Waals surface area contributed by atoms with E-state index >= 15 is 0 Å². The molecule has 5 amide bonds. The van der Waals surface area contributed by atoms with Gasteiger partial charge in [-0.2, -0.15) is 0 Å². The third-order valence-corrected chi connectivity index (χ3v) is 9.27. The van der Waals surface area contributed by atoms with E-state index in [0.29, 0.717) is 12.8 Å². The molecule has 45 heavy (non-hydrogen) atoms. The third kappa shape index (κ3) is 10.4. The molecule has 11 nitrogen and oxygen atoms in total. The van der Waals surface area contributed by atoms with Gasteiger partial charge in [0.25, 0.3) is 5.91 Å². The zero-order valence-corrected chi connectivity index (χ0v) is 28.7. The molecule has 0 spiro atoms. The first-order chi connectivity index (χ1) is 21.0. The Morgan fingerprint density at radius 3 is 2.04 bits per heavy atom. The first kappa shape index (κ1) is 37.9. The molecule has 2 aliphatic rings. The molecule has 0 aromatic heterocycles. The van der Waals surface area contributed by atoms with Crippen molar-refractivity contribution in [3.63, 3.8) is 0 Å². The molecule has 0 aliphatic heterocycles. The number of amides is 5. The van der Waals surface area contributed by atoms with Gasteiger partial charge in [-0.1, -0.05) is 73.3 Å². The Labute approximate surface area is 269 Å². The van der Waals surface area contributed by atoms with Crippen molar-refractivity contribution < 1.29 is 28.8 Å². The van der Waals surface area contributed by atoms with Crippen LogP contribution in [0.25, 0.3) is 0 Å². The summed E-state index contributed by atoms with van der Waals surface area (Å²) in [6.45, 7) is 18.5. The molecule has 2 rings (SSSR count). The van der Waals surface area contributed by atoms with E-state index < -0.39 is 59.1 Å². The van der Waals surface area contributed by atoms with Crippen LogP contribution in [-0.4, -0.2) is 77.5 Å². The maximum Gasteiger partial charge on any atom is 0.316 e. The summed E-state index contributed by atoms with van der Waals surface area (Å²) in [4.78, 5) is 81.1. The third-order valence-electron chi connectivity index (χ3n) is 9.27. The molecule has 2 saturated carbocycles. The molecule has 4 N–H and O–H groups in total. The minimum absolute atomic E-state index is 0.0562. The van der Waals surface area contributed by atoms with Gasteiger partial charge in [-0.05, 0) is 62.2 Å². The number of likely N-dealkylation sites (N-methyl/N-ethyl adjacent to an activating group) is 1. The number of carbonyl (C=O) groups excluding carboxylic acids is 6. The summed E-state index contributed by atoms with van der Waals surface area (Å²) in [7, 11) is 0. The Kier molecular flexibility index (Phi) is 13.8. The summed E-state index contributed by atoms with van der Waals surface area (Å²) in [6.07, 6.45) is 7.83. The normalized spacial score (nSPS) is 20.4. The number of carbonyl (C=O) groups is 6. The fraction of sp³-hybridized carbons (Fsp3) is 0.765. The predicted molar refractivity (Wildman–Crippen MR) is 174 cm³/mol. The Balaban J connectivity index is 2.34. The van der Waals surface area contributed by atoms with Crippen molar-refractivity contribution in [1.82, 2.24) is 26.2 Å². The second-order valence-electron chi connectivity index (χ2n) is 14.5. The van der Waals surface area contributed by atoms with E-state index in [1.165, 1.54) is 17.9 Å². The summed E-state index contributed by atoms with van der Waals surface area (Å²) in [5.74, 6) is -2.73. The van der Waals surface area contributed by atoms with Gasteiger partial charge < -0.3 is 26.2 Å². The molecule has 1 unspecified atom stereocenters. The highest BCUT2D eigenvalue weighted by molar-refractivity contribution is 6.38. The molecule has 5 atom stereocenters.